The van der Waals surface area contributed by atoms with Crippen LogP contribution in [-0.2, 0) is 9.59 Å². The lowest BCUT2D eigenvalue weighted by Crippen LogP contribution is -2.34. The van der Waals surface area contributed by atoms with Crippen LogP contribution >= 0.6 is 0 Å². The average molecular weight is 172 g/mol. The minimum absolute atomic E-state index is 0.0174. The lowest BCUT2D eigenvalue weighted by atomic mass is 9.99. The van der Waals surface area contributed by atoms with E-state index in [1.54, 1.807) is 13.8 Å². The third-order valence-corrected chi connectivity index (χ3v) is 1.64. The van der Waals surface area contributed by atoms with Crippen molar-refractivity contribution in [3.8, 4) is 0 Å². The van der Waals surface area contributed by atoms with Crippen molar-refractivity contribution >= 4 is 11.7 Å². The summed E-state index contributed by atoms with van der Waals surface area (Å²) in [6.07, 6.45) is 0.534. The van der Waals surface area contributed by atoms with Crippen LogP contribution in [0, 0.1) is 5.92 Å². The van der Waals surface area contributed by atoms with Crippen LogP contribution in [0.2, 0.25) is 0 Å². The number of nitrogens with two attached hydrogens (primary N) is 2. The van der Waals surface area contributed by atoms with E-state index in [0.717, 1.165) is 0 Å². The Morgan fingerprint density at radius 2 is 1.83 bits per heavy atom. The molecule has 0 radical (unpaired) electrons. The fourth-order valence-electron chi connectivity index (χ4n) is 0.868. The molecule has 1 atom stereocenters. The lowest BCUT2D eigenvalue weighted by Gasteiger charge is -2.11. The van der Waals surface area contributed by atoms with Gasteiger partial charge in [0.25, 0.3) is 0 Å². The largest absolute Gasteiger partial charge is 0.370 e. The lowest BCUT2D eigenvalue weighted by molar-refractivity contribution is -0.123. The summed E-state index contributed by atoms with van der Waals surface area (Å²) in [6.45, 7) is 3.57. The van der Waals surface area contributed by atoms with Crippen molar-refractivity contribution < 1.29 is 9.59 Å². The highest BCUT2D eigenvalue weighted by Gasteiger charge is 2.16. The van der Waals surface area contributed by atoms with E-state index in [1.165, 1.54) is 0 Å². The van der Waals surface area contributed by atoms with Gasteiger partial charge in [0, 0.05) is 12.3 Å². The van der Waals surface area contributed by atoms with Gasteiger partial charge < -0.3 is 11.5 Å². The maximum Gasteiger partial charge on any atom is 0.217 e. The molecule has 70 valence electrons. The molecule has 0 rings (SSSR count). The van der Waals surface area contributed by atoms with E-state index in [9.17, 15) is 9.59 Å². The summed E-state index contributed by atoms with van der Waals surface area (Å²) in [6, 6.07) is -0.544. The number of rotatable bonds is 5. The Hall–Kier alpha value is -0.900. The quantitative estimate of drug-likeness (QED) is 0.602. The Morgan fingerprint density at radius 3 is 2.17 bits per heavy atom. The molecule has 4 nitrogen and oxygen atoms in total. The van der Waals surface area contributed by atoms with E-state index in [0.29, 0.717) is 6.42 Å². The van der Waals surface area contributed by atoms with Gasteiger partial charge in [-0.1, -0.05) is 13.8 Å². The number of carbonyl (C=O) groups is 2. The predicted molar refractivity (Wildman–Crippen MR) is 46.2 cm³/mol. The molecule has 0 aromatic heterocycles. The maximum atomic E-state index is 11.2. The summed E-state index contributed by atoms with van der Waals surface area (Å²) >= 11 is 0. The topological polar surface area (TPSA) is 86.2 Å². The molecule has 0 aliphatic carbocycles. The van der Waals surface area contributed by atoms with Gasteiger partial charge in [-0.3, -0.25) is 9.59 Å². The Bertz CT molecular complexity index is 178. The van der Waals surface area contributed by atoms with E-state index in [-0.39, 0.29) is 18.1 Å². The van der Waals surface area contributed by atoms with Crippen molar-refractivity contribution in [2.45, 2.75) is 32.7 Å². The number of carbonyl (C=O) groups excluding carboxylic acids is 2. The van der Waals surface area contributed by atoms with Crippen LogP contribution in [0.3, 0.4) is 0 Å². The maximum absolute atomic E-state index is 11.2. The first kappa shape index (κ1) is 11.1. The summed E-state index contributed by atoms with van der Waals surface area (Å²) < 4.78 is 0. The molecule has 0 spiro atoms. The molecule has 0 aliphatic heterocycles. The first-order chi connectivity index (χ1) is 5.45. The van der Waals surface area contributed by atoms with Gasteiger partial charge in [-0.15, -0.1) is 0 Å². The zero-order valence-corrected chi connectivity index (χ0v) is 7.54. The van der Waals surface area contributed by atoms with E-state index in [1.807, 2.05) is 0 Å². The molecule has 0 heterocycles. The standard InChI is InChI=1S/C8H16N2O2/c1-5(2)8(12)6(9)3-4-7(10)11/h5-6H,3-4,9H2,1-2H3,(H2,10,11)/t6-/m1/s1. The second-order valence-electron chi connectivity index (χ2n) is 3.17. The minimum Gasteiger partial charge on any atom is -0.370 e. The molecule has 0 aromatic rings. The van der Waals surface area contributed by atoms with Gasteiger partial charge in [-0.2, -0.15) is 0 Å². The van der Waals surface area contributed by atoms with Crippen LogP contribution in [0.4, 0.5) is 0 Å². The normalized spacial score (nSPS) is 13.0. The van der Waals surface area contributed by atoms with E-state index in [4.69, 9.17) is 11.5 Å². The second kappa shape index (κ2) is 4.87. The smallest absolute Gasteiger partial charge is 0.217 e. The molecule has 0 fully saturated rings. The number of hydrogen-bond acceptors (Lipinski definition) is 3. The zero-order chi connectivity index (χ0) is 9.72. The molecule has 12 heavy (non-hydrogen) atoms. The molecular weight excluding hydrogens is 156 g/mol. The molecule has 4 heteroatoms. The van der Waals surface area contributed by atoms with Gasteiger partial charge >= 0.3 is 0 Å². The SMILES string of the molecule is CC(C)C(=O)[C@H](N)CCC(N)=O. The highest BCUT2D eigenvalue weighted by Crippen LogP contribution is 2.02. The molecule has 0 aliphatic rings. The molecule has 0 saturated carbocycles. The Kier molecular flexibility index (Phi) is 4.51. The molecule has 0 bridgehead atoms. The summed E-state index contributed by atoms with van der Waals surface area (Å²) in [5.74, 6) is -0.508. The third-order valence-electron chi connectivity index (χ3n) is 1.64. The predicted octanol–water partition coefficient (Wildman–Crippen LogP) is -0.196. The summed E-state index contributed by atoms with van der Waals surface area (Å²) in [5, 5.41) is 0. The van der Waals surface area contributed by atoms with Crippen LogP contribution in [0.5, 0.6) is 0 Å². The Balaban J connectivity index is 3.79. The van der Waals surface area contributed by atoms with Gasteiger partial charge in [0.05, 0.1) is 6.04 Å². The van der Waals surface area contributed by atoms with Crippen molar-refractivity contribution in [1.82, 2.24) is 0 Å². The number of Topliss-reactive ketones (excluding diaryl/α,β-unsaturated/α-hetero) is 1. The second-order valence-corrected chi connectivity index (χ2v) is 3.17. The van der Waals surface area contributed by atoms with Gasteiger partial charge in [0.15, 0.2) is 5.78 Å². The van der Waals surface area contributed by atoms with Gasteiger partial charge in [0.1, 0.15) is 0 Å². The van der Waals surface area contributed by atoms with E-state index >= 15 is 0 Å². The minimum atomic E-state index is -0.544. The van der Waals surface area contributed by atoms with Crippen LogP contribution < -0.4 is 11.5 Å². The molecule has 0 saturated heterocycles. The molecule has 4 N–H and O–H groups in total. The fraction of sp³-hybridized carbons (Fsp3) is 0.750. The van der Waals surface area contributed by atoms with Crippen molar-refractivity contribution in [2.24, 2.45) is 17.4 Å². The van der Waals surface area contributed by atoms with Crippen LogP contribution in [0.25, 0.3) is 0 Å². The Labute approximate surface area is 72.3 Å². The van der Waals surface area contributed by atoms with E-state index in [2.05, 4.69) is 0 Å². The van der Waals surface area contributed by atoms with Crippen molar-refractivity contribution in [2.75, 3.05) is 0 Å². The number of hydrogen-bond donors (Lipinski definition) is 2. The first-order valence-corrected chi connectivity index (χ1v) is 4.02. The molecular formula is C8H16N2O2. The first-order valence-electron chi connectivity index (χ1n) is 4.02. The van der Waals surface area contributed by atoms with Gasteiger partial charge in [0.2, 0.25) is 5.91 Å². The molecule has 1 amide bonds. The van der Waals surface area contributed by atoms with Crippen LogP contribution in [0.1, 0.15) is 26.7 Å². The van der Waals surface area contributed by atoms with Crippen LogP contribution in [-0.4, -0.2) is 17.7 Å². The summed E-state index contributed by atoms with van der Waals surface area (Å²) in [4.78, 5) is 21.5. The molecule has 0 unspecified atom stereocenters. The Morgan fingerprint density at radius 1 is 1.33 bits per heavy atom. The van der Waals surface area contributed by atoms with Crippen molar-refractivity contribution in [1.29, 1.82) is 0 Å². The third kappa shape index (κ3) is 4.08. The number of primary amides is 1. The molecule has 0 aromatic carbocycles. The average Bonchev–Trinajstić information content (AvgIpc) is 1.98. The van der Waals surface area contributed by atoms with E-state index < -0.39 is 11.9 Å². The summed E-state index contributed by atoms with van der Waals surface area (Å²) in [7, 11) is 0. The number of amides is 1. The van der Waals surface area contributed by atoms with Crippen molar-refractivity contribution in [3.05, 3.63) is 0 Å². The monoisotopic (exact) mass is 172 g/mol. The van der Waals surface area contributed by atoms with Crippen molar-refractivity contribution in [3.63, 3.8) is 0 Å². The van der Waals surface area contributed by atoms with Crippen LogP contribution in [0.15, 0.2) is 0 Å². The summed E-state index contributed by atoms with van der Waals surface area (Å²) in [5.41, 5.74) is 10.4. The van der Waals surface area contributed by atoms with Gasteiger partial charge in [-0.05, 0) is 6.42 Å². The highest BCUT2D eigenvalue weighted by molar-refractivity contribution is 5.86. The fourth-order valence-corrected chi connectivity index (χ4v) is 0.868. The number of ketones is 1. The zero-order valence-electron chi connectivity index (χ0n) is 7.54. The highest BCUT2D eigenvalue weighted by atomic mass is 16.1. The van der Waals surface area contributed by atoms with Gasteiger partial charge in [-0.25, -0.2) is 0 Å².